The molecule has 1 unspecified atom stereocenters. The van der Waals surface area contributed by atoms with Crippen molar-refractivity contribution in [3.05, 3.63) is 51.2 Å². The van der Waals surface area contributed by atoms with E-state index < -0.39 is 0 Å². The normalized spacial score (nSPS) is 17.1. The summed E-state index contributed by atoms with van der Waals surface area (Å²) in [5, 5.41) is 5.28. The van der Waals surface area contributed by atoms with Gasteiger partial charge in [-0.2, -0.15) is 0 Å². The predicted octanol–water partition coefficient (Wildman–Crippen LogP) is 2.25. The van der Waals surface area contributed by atoms with Crippen LogP contribution >= 0.6 is 11.3 Å². The summed E-state index contributed by atoms with van der Waals surface area (Å²) in [4.78, 5) is 12.2. The van der Waals surface area contributed by atoms with Crippen molar-refractivity contribution in [3.8, 4) is 5.75 Å². The van der Waals surface area contributed by atoms with Gasteiger partial charge >= 0.3 is 0 Å². The van der Waals surface area contributed by atoms with Gasteiger partial charge in [0.15, 0.2) is 0 Å². The van der Waals surface area contributed by atoms with Gasteiger partial charge in [0.1, 0.15) is 12.4 Å². The molecule has 0 fully saturated rings. The van der Waals surface area contributed by atoms with Crippen LogP contribution in [0.4, 0.5) is 0 Å². The zero-order valence-corrected chi connectivity index (χ0v) is 12.7. The molecule has 0 bridgehead atoms. The Morgan fingerprint density at radius 1 is 1.52 bits per heavy atom. The zero-order valence-electron chi connectivity index (χ0n) is 11.9. The van der Waals surface area contributed by atoms with E-state index >= 15 is 0 Å². The molecule has 1 aromatic heterocycles. The predicted molar refractivity (Wildman–Crippen MR) is 83.8 cm³/mol. The fourth-order valence-corrected chi connectivity index (χ4v) is 3.39. The van der Waals surface area contributed by atoms with Crippen molar-refractivity contribution in [1.29, 1.82) is 0 Å². The Labute approximate surface area is 127 Å². The standard InChI is InChI=1S/C16H18N2O2S/c1-10-3-2-4-11-5-13(8-20-15(10)11)18-7-14-6-12(9-21-14)16(17)19/h2-4,6,9,13,18H,5,7-8H2,1H3,(H2,17,19). The van der Waals surface area contributed by atoms with Crippen LogP contribution in [0.3, 0.4) is 0 Å². The molecule has 2 heterocycles. The van der Waals surface area contributed by atoms with E-state index in [-0.39, 0.29) is 5.91 Å². The highest BCUT2D eigenvalue weighted by Crippen LogP contribution is 2.28. The van der Waals surface area contributed by atoms with Crippen molar-refractivity contribution in [2.45, 2.75) is 25.9 Å². The van der Waals surface area contributed by atoms with Crippen LogP contribution < -0.4 is 15.8 Å². The number of nitrogens with one attached hydrogen (secondary N) is 1. The molecule has 110 valence electrons. The van der Waals surface area contributed by atoms with Crippen molar-refractivity contribution in [1.82, 2.24) is 5.32 Å². The van der Waals surface area contributed by atoms with E-state index in [1.165, 1.54) is 11.1 Å². The van der Waals surface area contributed by atoms with Crippen molar-refractivity contribution in [3.63, 3.8) is 0 Å². The topological polar surface area (TPSA) is 64.3 Å². The SMILES string of the molecule is Cc1cccc2c1OCC(NCc1cc(C(N)=O)cs1)C2. The number of thiophene rings is 1. The molecule has 0 saturated heterocycles. The molecule has 5 heteroatoms. The van der Waals surface area contributed by atoms with Crippen molar-refractivity contribution in [2.75, 3.05) is 6.61 Å². The average Bonchev–Trinajstić information content (AvgIpc) is 2.94. The molecule has 4 nitrogen and oxygen atoms in total. The molecule has 3 N–H and O–H groups in total. The number of rotatable bonds is 4. The number of nitrogens with two attached hydrogens (primary N) is 1. The lowest BCUT2D eigenvalue weighted by Crippen LogP contribution is -2.38. The Hall–Kier alpha value is -1.85. The summed E-state index contributed by atoms with van der Waals surface area (Å²) < 4.78 is 5.87. The molecule has 1 atom stereocenters. The molecule has 1 aromatic carbocycles. The molecule has 0 spiro atoms. The minimum atomic E-state index is -0.372. The van der Waals surface area contributed by atoms with Gasteiger partial charge in [-0.3, -0.25) is 4.79 Å². The number of benzene rings is 1. The maximum absolute atomic E-state index is 11.1. The van der Waals surface area contributed by atoms with Crippen LogP contribution in [0.25, 0.3) is 0 Å². The maximum Gasteiger partial charge on any atom is 0.249 e. The van der Waals surface area contributed by atoms with Gasteiger partial charge in [0.05, 0.1) is 5.56 Å². The number of primary amides is 1. The van der Waals surface area contributed by atoms with E-state index in [0.29, 0.717) is 18.2 Å². The Kier molecular flexibility index (Phi) is 3.94. The van der Waals surface area contributed by atoms with Crippen molar-refractivity contribution in [2.24, 2.45) is 5.73 Å². The number of hydrogen-bond donors (Lipinski definition) is 2. The van der Waals surface area contributed by atoms with Gasteiger partial charge in [0, 0.05) is 22.8 Å². The van der Waals surface area contributed by atoms with Gasteiger partial charge < -0.3 is 15.8 Å². The molecule has 0 saturated carbocycles. The molecule has 1 aliphatic heterocycles. The van der Waals surface area contributed by atoms with E-state index in [1.54, 1.807) is 16.7 Å². The van der Waals surface area contributed by atoms with Crippen LogP contribution in [0.1, 0.15) is 26.4 Å². The molecular formula is C16H18N2O2S. The smallest absolute Gasteiger partial charge is 0.249 e. The van der Waals surface area contributed by atoms with E-state index in [1.807, 2.05) is 6.07 Å². The number of carbonyl (C=O) groups excluding carboxylic acids is 1. The summed E-state index contributed by atoms with van der Waals surface area (Å²) in [6, 6.07) is 8.40. The minimum Gasteiger partial charge on any atom is -0.491 e. The van der Waals surface area contributed by atoms with Crippen LogP contribution in [-0.2, 0) is 13.0 Å². The Morgan fingerprint density at radius 3 is 3.14 bits per heavy atom. The highest BCUT2D eigenvalue weighted by Gasteiger charge is 2.20. The average molecular weight is 302 g/mol. The molecule has 0 aliphatic carbocycles. The lowest BCUT2D eigenvalue weighted by molar-refractivity contribution is 0.100. The number of para-hydroxylation sites is 1. The summed E-state index contributed by atoms with van der Waals surface area (Å²) in [7, 11) is 0. The van der Waals surface area contributed by atoms with Gasteiger partial charge in [0.2, 0.25) is 5.91 Å². The summed E-state index contributed by atoms with van der Waals surface area (Å²) in [5.74, 6) is 0.658. The lowest BCUT2D eigenvalue weighted by Gasteiger charge is -2.27. The monoisotopic (exact) mass is 302 g/mol. The Bertz CT molecular complexity index is 666. The zero-order chi connectivity index (χ0) is 14.8. The second-order valence-corrected chi connectivity index (χ2v) is 6.32. The van der Waals surface area contributed by atoms with Crippen molar-refractivity contribution < 1.29 is 9.53 Å². The maximum atomic E-state index is 11.1. The van der Waals surface area contributed by atoms with Crippen LogP contribution in [0.2, 0.25) is 0 Å². The fourth-order valence-electron chi connectivity index (χ4n) is 2.57. The van der Waals surface area contributed by atoms with Gasteiger partial charge in [-0.05, 0) is 30.5 Å². The van der Waals surface area contributed by atoms with Crippen molar-refractivity contribution >= 4 is 17.2 Å². The summed E-state index contributed by atoms with van der Waals surface area (Å²) in [6.45, 7) is 3.47. The number of fused-ring (bicyclic) bond motifs is 1. The quantitative estimate of drug-likeness (QED) is 0.910. The third-order valence-corrected chi connectivity index (χ3v) is 4.63. The molecular weight excluding hydrogens is 284 g/mol. The summed E-state index contributed by atoms with van der Waals surface area (Å²) in [6.07, 6.45) is 0.963. The Morgan fingerprint density at radius 2 is 2.38 bits per heavy atom. The van der Waals surface area contributed by atoms with Crippen LogP contribution in [0, 0.1) is 6.92 Å². The third-order valence-electron chi connectivity index (χ3n) is 3.69. The second kappa shape index (κ2) is 5.87. The van der Waals surface area contributed by atoms with Gasteiger partial charge in [0.25, 0.3) is 0 Å². The lowest BCUT2D eigenvalue weighted by atomic mass is 10.00. The molecule has 1 aliphatic rings. The van der Waals surface area contributed by atoms with E-state index in [2.05, 4.69) is 30.4 Å². The minimum absolute atomic E-state index is 0.290. The number of hydrogen-bond acceptors (Lipinski definition) is 4. The summed E-state index contributed by atoms with van der Waals surface area (Å²) >= 11 is 1.55. The van der Waals surface area contributed by atoms with Gasteiger partial charge in [-0.25, -0.2) is 0 Å². The first-order valence-corrected chi connectivity index (χ1v) is 7.83. The van der Waals surface area contributed by atoms with Gasteiger partial charge in [-0.15, -0.1) is 11.3 Å². The number of ether oxygens (including phenoxy) is 1. The number of carbonyl (C=O) groups is 1. The highest BCUT2D eigenvalue weighted by atomic mass is 32.1. The fraction of sp³-hybridized carbons (Fsp3) is 0.312. The molecule has 2 aromatic rings. The molecule has 1 amide bonds. The first-order chi connectivity index (χ1) is 10.1. The summed E-state index contributed by atoms with van der Waals surface area (Å²) in [5.41, 5.74) is 8.28. The molecule has 0 radical (unpaired) electrons. The second-order valence-electron chi connectivity index (χ2n) is 5.32. The van der Waals surface area contributed by atoms with Crippen LogP contribution in [-0.4, -0.2) is 18.6 Å². The number of aryl methyl sites for hydroxylation is 1. The third kappa shape index (κ3) is 3.09. The largest absolute Gasteiger partial charge is 0.491 e. The first kappa shape index (κ1) is 14.1. The molecule has 3 rings (SSSR count). The highest BCUT2D eigenvalue weighted by molar-refractivity contribution is 7.10. The Balaban J connectivity index is 1.61. The molecule has 21 heavy (non-hydrogen) atoms. The first-order valence-electron chi connectivity index (χ1n) is 6.95. The van der Waals surface area contributed by atoms with Crippen LogP contribution in [0.5, 0.6) is 5.75 Å². The van der Waals surface area contributed by atoms with E-state index in [0.717, 1.165) is 23.6 Å². The number of amides is 1. The van der Waals surface area contributed by atoms with Gasteiger partial charge in [-0.1, -0.05) is 18.2 Å². The van der Waals surface area contributed by atoms with E-state index in [4.69, 9.17) is 10.5 Å². The van der Waals surface area contributed by atoms with E-state index in [9.17, 15) is 4.79 Å². The van der Waals surface area contributed by atoms with Crippen LogP contribution in [0.15, 0.2) is 29.6 Å².